The smallest absolute Gasteiger partial charge is 0.0195 e. The molecule has 0 saturated carbocycles. The summed E-state index contributed by atoms with van der Waals surface area (Å²) >= 11 is 2.03. The van der Waals surface area contributed by atoms with Gasteiger partial charge in [0.1, 0.15) is 0 Å². The highest BCUT2D eigenvalue weighted by Crippen LogP contribution is 2.06. The molecule has 1 unspecified atom stereocenters. The zero-order valence-corrected chi connectivity index (χ0v) is 9.70. The molecule has 3 heteroatoms. The first kappa shape index (κ1) is 11.3. The van der Waals surface area contributed by atoms with Crippen LogP contribution < -0.4 is 5.32 Å². The molecule has 13 heavy (non-hydrogen) atoms. The average Bonchev–Trinajstić information content (AvgIpc) is 2.57. The number of nitrogens with one attached hydrogen (secondary N) is 1. The quantitative estimate of drug-likeness (QED) is 0.656. The monoisotopic (exact) mass is 202 g/mol. The van der Waals surface area contributed by atoms with Gasteiger partial charge in [0.05, 0.1) is 0 Å². The molecule has 0 radical (unpaired) electrons. The third-order valence-electron chi connectivity index (χ3n) is 2.52. The second kappa shape index (κ2) is 6.68. The van der Waals surface area contributed by atoms with Gasteiger partial charge in [0, 0.05) is 24.9 Å². The van der Waals surface area contributed by atoms with E-state index in [1.54, 1.807) is 0 Å². The SMILES string of the molecule is CCSCCN(C)CC1CCCN1. The van der Waals surface area contributed by atoms with Gasteiger partial charge in [-0.2, -0.15) is 11.8 Å². The van der Waals surface area contributed by atoms with Crippen LogP contribution in [-0.2, 0) is 0 Å². The maximum absolute atomic E-state index is 3.53. The minimum Gasteiger partial charge on any atom is -0.313 e. The molecule has 1 fully saturated rings. The fraction of sp³-hybridized carbons (Fsp3) is 1.00. The minimum atomic E-state index is 0.761. The van der Waals surface area contributed by atoms with Gasteiger partial charge in [-0.25, -0.2) is 0 Å². The van der Waals surface area contributed by atoms with Gasteiger partial charge in [0.15, 0.2) is 0 Å². The lowest BCUT2D eigenvalue weighted by Crippen LogP contribution is -2.36. The predicted molar refractivity (Wildman–Crippen MR) is 61.5 cm³/mol. The Bertz CT molecular complexity index is 124. The third kappa shape index (κ3) is 4.89. The minimum absolute atomic E-state index is 0.761. The first-order valence-corrected chi connectivity index (χ1v) is 6.48. The molecule has 0 aromatic rings. The molecule has 0 spiro atoms. The number of likely N-dealkylation sites (N-methyl/N-ethyl adjacent to an activating group) is 1. The van der Waals surface area contributed by atoms with Gasteiger partial charge in [-0.1, -0.05) is 6.92 Å². The number of thioether (sulfide) groups is 1. The largest absolute Gasteiger partial charge is 0.313 e. The van der Waals surface area contributed by atoms with Crippen molar-refractivity contribution in [2.75, 3.05) is 38.2 Å². The van der Waals surface area contributed by atoms with Crippen LogP contribution in [0.25, 0.3) is 0 Å². The summed E-state index contributed by atoms with van der Waals surface area (Å²) in [6.45, 7) is 5.91. The Morgan fingerprint density at radius 3 is 3.00 bits per heavy atom. The Hall–Kier alpha value is 0.270. The maximum atomic E-state index is 3.53. The Morgan fingerprint density at radius 2 is 2.38 bits per heavy atom. The second-order valence-electron chi connectivity index (χ2n) is 3.75. The summed E-state index contributed by atoms with van der Waals surface area (Å²) in [6, 6.07) is 0.761. The van der Waals surface area contributed by atoms with Gasteiger partial charge in [0.2, 0.25) is 0 Å². The molecule has 78 valence electrons. The lowest BCUT2D eigenvalue weighted by Gasteiger charge is -2.20. The van der Waals surface area contributed by atoms with Crippen molar-refractivity contribution in [3.8, 4) is 0 Å². The van der Waals surface area contributed by atoms with E-state index in [1.807, 2.05) is 11.8 Å². The van der Waals surface area contributed by atoms with E-state index >= 15 is 0 Å². The first-order chi connectivity index (χ1) is 6.33. The lowest BCUT2D eigenvalue weighted by molar-refractivity contribution is 0.317. The van der Waals surface area contributed by atoms with Crippen molar-refractivity contribution >= 4 is 11.8 Å². The third-order valence-corrected chi connectivity index (χ3v) is 3.40. The number of rotatable bonds is 6. The molecule has 2 nitrogen and oxygen atoms in total. The van der Waals surface area contributed by atoms with Crippen molar-refractivity contribution in [1.29, 1.82) is 0 Å². The molecule has 0 aromatic heterocycles. The molecule has 1 aliphatic heterocycles. The van der Waals surface area contributed by atoms with Gasteiger partial charge in [-0.3, -0.25) is 0 Å². The summed E-state index contributed by atoms with van der Waals surface area (Å²) in [5, 5.41) is 3.53. The van der Waals surface area contributed by atoms with Crippen LogP contribution in [0.3, 0.4) is 0 Å². The fourth-order valence-corrected chi connectivity index (χ4v) is 2.47. The summed E-state index contributed by atoms with van der Waals surface area (Å²) in [5.74, 6) is 2.52. The second-order valence-corrected chi connectivity index (χ2v) is 5.15. The summed E-state index contributed by atoms with van der Waals surface area (Å²) in [5.41, 5.74) is 0. The first-order valence-electron chi connectivity index (χ1n) is 5.32. The van der Waals surface area contributed by atoms with E-state index in [4.69, 9.17) is 0 Å². The van der Waals surface area contributed by atoms with Crippen molar-refractivity contribution in [1.82, 2.24) is 10.2 Å². The molecule has 0 aromatic carbocycles. The van der Waals surface area contributed by atoms with Gasteiger partial charge >= 0.3 is 0 Å². The van der Waals surface area contributed by atoms with Crippen molar-refractivity contribution in [3.05, 3.63) is 0 Å². The molecular formula is C10H22N2S. The highest BCUT2D eigenvalue weighted by Gasteiger charge is 2.15. The molecule has 0 amide bonds. The van der Waals surface area contributed by atoms with Crippen molar-refractivity contribution in [2.45, 2.75) is 25.8 Å². The molecule has 1 saturated heterocycles. The highest BCUT2D eigenvalue weighted by molar-refractivity contribution is 7.99. The van der Waals surface area contributed by atoms with Crippen LogP contribution in [0.15, 0.2) is 0 Å². The van der Waals surface area contributed by atoms with E-state index in [2.05, 4.69) is 24.2 Å². The molecule has 1 heterocycles. The molecular weight excluding hydrogens is 180 g/mol. The van der Waals surface area contributed by atoms with Crippen LogP contribution in [0.5, 0.6) is 0 Å². The molecule has 1 N–H and O–H groups in total. The Kier molecular flexibility index (Phi) is 5.83. The Morgan fingerprint density at radius 1 is 1.54 bits per heavy atom. The van der Waals surface area contributed by atoms with Crippen LogP contribution in [0, 0.1) is 0 Å². The lowest BCUT2D eigenvalue weighted by atomic mass is 10.2. The number of nitrogens with zero attached hydrogens (tertiary/aromatic N) is 1. The normalized spacial score (nSPS) is 22.8. The molecule has 0 aliphatic carbocycles. The molecule has 1 rings (SSSR count). The summed E-state index contributed by atoms with van der Waals surface area (Å²) in [4.78, 5) is 2.45. The van der Waals surface area contributed by atoms with Crippen LogP contribution in [0.1, 0.15) is 19.8 Å². The topological polar surface area (TPSA) is 15.3 Å². The number of hydrogen-bond acceptors (Lipinski definition) is 3. The van der Waals surface area contributed by atoms with Crippen molar-refractivity contribution in [3.63, 3.8) is 0 Å². The van der Waals surface area contributed by atoms with Crippen LogP contribution in [-0.4, -0.2) is 49.1 Å². The van der Waals surface area contributed by atoms with Crippen LogP contribution in [0.4, 0.5) is 0 Å². The van der Waals surface area contributed by atoms with Gasteiger partial charge < -0.3 is 10.2 Å². The van der Waals surface area contributed by atoms with Crippen molar-refractivity contribution in [2.24, 2.45) is 0 Å². The predicted octanol–water partition coefficient (Wildman–Crippen LogP) is 1.42. The van der Waals surface area contributed by atoms with E-state index < -0.39 is 0 Å². The average molecular weight is 202 g/mol. The van der Waals surface area contributed by atoms with E-state index in [0.717, 1.165) is 6.04 Å². The molecule has 1 aliphatic rings. The van der Waals surface area contributed by atoms with E-state index in [0.29, 0.717) is 0 Å². The summed E-state index contributed by atoms with van der Waals surface area (Å²) in [7, 11) is 2.23. The van der Waals surface area contributed by atoms with Gasteiger partial charge in [-0.15, -0.1) is 0 Å². The van der Waals surface area contributed by atoms with Gasteiger partial charge in [0.25, 0.3) is 0 Å². The molecule has 1 atom stereocenters. The zero-order chi connectivity index (χ0) is 9.52. The summed E-state index contributed by atoms with van der Waals surface area (Å²) in [6.07, 6.45) is 2.73. The standard InChI is InChI=1S/C10H22N2S/c1-3-13-8-7-12(2)9-10-5-4-6-11-10/h10-11H,3-9H2,1-2H3. The van der Waals surface area contributed by atoms with Crippen molar-refractivity contribution < 1.29 is 0 Å². The fourth-order valence-electron chi connectivity index (χ4n) is 1.74. The van der Waals surface area contributed by atoms with E-state index in [1.165, 1.54) is 44.0 Å². The van der Waals surface area contributed by atoms with Gasteiger partial charge in [-0.05, 0) is 32.2 Å². The highest BCUT2D eigenvalue weighted by atomic mass is 32.2. The van der Waals surface area contributed by atoms with Crippen LogP contribution in [0.2, 0.25) is 0 Å². The van der Waals surface area contributed by atoms with E-state index in [9.17, 15) is 0 Å². The molecule has 0 bridgehead atoms. The van der Waals surface area contributed by atoms with Crippen LogP contribution >= 0.6 is 11.8 Å². The maximum Gasteiger partial charge on any atom is 0.0195 e. The zero-order valence-electron chi connectivity index (χ0n) is 8.88. The Balaban J connectivity index is 1.99. The summed E-state index contributed by atoms with van der Waals surface area (Å²) < 4.78 is 0. The Labute approximate surface area is 86.5 Å². The number of hydrogen-bond donors (Lipinski definition) is 1. The van der Waals surface area contributed by atoms with E-state index in [-0.39, 0.29) is 0 Å².